The van der Waals surface area contributed by atoms with Crippen LogP contribution in [0.2, 0.25) is 0 Å². The van der Waals surface area contributed by atoms with E-state index in [2.05, 4.69) is 46.5 Å². The Labute approximate surface area is 170 Å². The van der Waals surface area contributed by atoms with Crippen LogP contribution in [0.5, 0.6) is 0 Å². The van der Waals surface area contributed by atoms with Gasteiger partial charge in [-0.15, -0.1) is 10.2 Å². The maximum absolute atomic E-state index is 12.3. The number of hydrogen-bond acceptors (Lipinski definition) is 7. The summed E-state index contributed by atoms with van der Waals surface area (Å²) in [7, 11) is 0. The van der Waals surface area contributed by atoms with Crippen LogP contribution in [-0.2, 0) is 5.75 Å². The Bertz CT molecular complexity index is 1210. The summed E-state index contributed by atoms with van der Waals surface area (Å²) in [4.78, 5) is 16.8. The lowest BCUT2D eigenvalue weighted by Crippen LogP contribution is -2.15. The molecule has 4 aromatic rings. The van der Waals surface area contributed by atoms with Crippen LogP contribution in [-0.4, -0.2) is 19.6 Å². The molecule has 3 aromatic heterocycles. The molecule has 0 aliphatic rings. The van der Waals surface area contributed by atoms with E-state index in [4.69, 9.17) is 0 Å². The van der Waals surface area contributed by atoms with Crippen LogP contribution in [0.4, 0.5) is 10.8 Å². The number of rotatable bonds is 5. The van der Waals surface area contributed by atoms with E-state index >= 15 is 0 Å². The highest BCUT2D eigenvalue weighted by atomic mass is 32.2. The van der Waals surface area contributed by atoms with Gasteiger partial charge in [-0.25, -0.2) is 4.98 Å². The summed E-state index contributed by atoms with van der Waals surface area (Å²) in [6, 6.07) is 11.6. The lowest BCUT2D eigenvalue weighted by atomic mass is 10.1. The average molecular weight is 410 g/mol. The second kappa shape index (κ2) is 7.73. The SMILES string of the molecule is Cc1ccn2c(=O)cc(CSc3nnc(Nc4ccc(C)c(C)c4)s3)nc2c1. The molecule has 4 rings (SSSR count). The molecule has 0 bridgehead atoms. The monoisotopic (exact) mass is 409 g/mol. The van der Waals surface area contributed by atoms with Crippen molar-refractivity contribution in [3.05, 3.63) is 75.3 Å². The molecular formula is C20H19N5OS2. The van der Waals surface area contributed by atoms with Crippen LogP contribution in [0, 0.1) is 20.8 Å². The molecule has 3 heterocycles. The third kappa shape index (κ3) is 4.07. The average Bonchev–Trinajstić information content (AvgIpc) is 3.10. The number of nitrogens with one attached hydrogen (secondary N) is 1. The summed E-state index contributed by atoms with van der Waals surface area (Å²) in [6.45, 7) is 6.16. The Kier molecular flexibility index (Phi) is 5.15. The molecule has 0 spiro atoms. The first-order valence-electron chi connectivity index (χ1n) is 8.77. The minimum Gasteiger partial charge on any atom is -0.330 e. The van der Waals surface area contributed by atoms with Crippen LogP contribution in [0.1, 0.15) is 22.4 Å². The number of pyridine rings is 1. The van der Waals surface area contributed by atoms with Gasteiger partial charge in [-0.1, -0.05) is 29.2 Å². The topological polar surface area (TPSA) is 72.2 Å². The number of fused-ring (bicyclic) bond motifs is 1. The first-order chi connectivity index (χ1) is 13.5. The van der Waals surface area contributed by atoms with Gasteiger partial charge < -0.3 is 5.32 Å². The smallest absolute Gasteiger partial charge is 0.258 e. The summed E-state index contributed by atoms with van der Waals surface area (Å²) in [5.74, 6) is 0.567. The van der Waals surface area contributed by atoms with E-state index in [1.54, 1.807) is 16.7 Å². The molecule has 142 valence electrons. The third-order valence-electron chi connectivity index (χ3n) is 4.38. The molecule has 6 nitrogen and oxygen atoms in total. The summed E-state index contributed by atoms with van der Waals surface area (Å²) in [5, 5.41) is 12.5. The Morgan fingerprint density at radius 1 is 1.07 bits per heavy atom. The number of nitrogens with zero attached hydrogens (tertiary/aromatic N) is 4. The highest BCUT2D eigenvalue weighted by molar-refractivity contribution is 8.00. The van der Waals surface area contributed by atoms with Crippen LogP contribution in [0.15, 0.2) is 51.7 Å². The highest BCUT2D eigenvalue weighted by Gasteiger charge is 2.08. The molecule has 0 fully saturated rings. The number of anilines is 2. The molecule has 28 heavy (non-hydrogen) atoms. The van der Waals surface area contributed by atoms with Gasteiger partial charge in [-0.05, 0) is 61.7 Å². The Morgan fingerprint density at radius 3 is 2.75 bits per heavy atom. The van der Waals surface area contributed by atoms with Crippen molar-refractivity contribution in [2.75, 3.05) is 5.32 Å². The van der Waals surface area contributed by atoms with E-state index in [1.165, 1.54) is 34.2 Å². The van der Waals surface area contributed by atoms with Gasteiger partial charge in [-0.2, -0.15) is 0 Å². The fourth-order valence-electron chi connectivity index (χ4n) is 2.72. The van der Waals surface area contributed by atoms with E-state index in [0.29, 0.717) is 11.4 Å². The molecule has 0 unspecified atom stereocenters. The van der Waals surface area contributed by atoms with Crippen molar-refractivity contribution in [3.8, 4) is 0 Å². The van der Waals surface area contributed by atoms with Crippen molar-refractivity contribution >= 4 is 39.6 Å². The molecule has 0 saturated heterocycles. The maximum atomic E-state index is 12.3. The van der Waals surface area contributed by atoms with Crippen molar-refractivity contribution in [2.24, 2.45) is 0 Å². The molecule has 0 radical (unpaired) electrons. The van der Waals surface area contributed by atoms with E-state index in [-0.39, 0.29) is 5.56 Å². The summed E-state index contributed by atoms with van der Waals surface area (Å²) in [5.41, 5.74) is 5.88. The minimum absolute atomic E-state index is 0.0741. The van der Waals surface area contributed by atoms with Gasteiger partial charge in [0.2, 0.25) is 5.13 Å². The minimum atomic E-state index is -0.0741. The lowest BCUT2D eigenvalue weighted by Gasteiger charge is -2.05. The van der Waals surface area contributed by atoms with Gasteiger partial charge in [0.15, 0.2) is 4.34 Å². The van der Waals surface area contributed by atoms with Crippen LogP contribution in [0.25, 0.3) is 5.65 Å². The molecule has 1 N–H and O–H groups in total. The van der Waals surface area contributed by atoms with Gasteiger partial charge in [-0.3, -0.25) is 9.20 Å². The first-order valence-corrected chi connectivity index (χ1v) is 10.6. The number of hydrogen-bond donors (Lipinski definition) is 1. The predicted octanol–water partition coefficient (Wildman–Crippen LogP) is 4.51. The van der Waals surface area contributed by atoms with Gasteiger partial charge in [0, 0.05) is 23.7 Å². The molecule has 8 heteroatoms. The van der Waals surface area contributed by atoms with Crippen molar-refractivity contribution in [3.63, 3.8) is 0 Å². The Balaban J connectivity index is 1.46. The van der Waals surface area contributed by atoms with Crippen molar-refractivity contribution in [1.29, 1.82) is 0 Å². The van der Waals surface area contributed by atoms with Gasteiger partial charge >= 0.3 is 0 Å². The van der Waals surface area contributed by atoms with Crippen LogP contribution < -0.4 is 10.9 Å². The maximum Gasteiger partial charge on any atom is 0.258 e. The Morgan fingerprint density at radius 2 is 1.93 bits per heavy atom. The zero-order chi connectivity index (χ0) is 19.7. The third-order valence-corrected chi connectivity index (χ3v) is 6.39. The predicted molar refractivity (Wildman–Crippen MR) is 115 cm³/mol. The number of benzene rings is 1. The number of aryl methyl sites for hydroxylation is 3. The van der Waals surface area contributed by atoms with E-state index in [1.807, 2.05) is 25.1 Å². The summed E-state index contributed by atoms with van der Waals surface area (Å²) in [6.07, 6.45) is 1.76. The van der Waals surface area contributed by atoms with Crippen molar-refractivity contribution in [1.82, 2.24) is 19.6 Å². The van der Waals surface area contributed by atoms with E-state index in [9.17, 15) is 4.79 Å². The van der Waals surface area contributed by atoms with Crippen molar-refractivity contribution in [2.45, 2.75) is 30.9 Å². The fraction of sp³-hybridized carbons (Fsp3) is 0.200. The summed E-state index contributed by atoms with van der Waals surface area (Å²) < 4.78 is 2.38. The molecule has 0 atom stereocenters. The van der Waals surface area contributed by atoms with Gasteiger partial charge in [0.05, 0.1) is 5.69 Å². The van der Waals surface area contributed by atoms with Crippen LogP contribution >= 0.6 is 23.1 Å². The van der Waals surface area contributed by atoms with E-state index < -0.39 is 0 Å². The zero-order valence-corrected chi connectivity index (χ0v) is 17.4. The van der Waals surface area contributed by atoms with E-state index in [0.717, 1.165) is 26.4 Å². The normalized spacial score (nSPS) is 11.1. The Hall–Kier alpha value is -2.71. The lowest BCUT2D eigenvalue weighted by molar-refractivity contribution is 0.998. The molecule has 0 aliphatic carbocycles. The van der Waals surface area contributed by atoms with Gasteiger partial charge in [0.25, 0.3) is 5.56 Å². The largest absolute Gasteiger partial charge is 0.330 e. The fourth-order valence-corrected chi connectivity index (χ4v) is 4.39. The summed E-state index contributed by atoms with van der Waals surface area (Å²) >= 11 is 3.01. The second-order valence-corrected chi connectivity index (χ2v) is 8.80. The first kappa shape index (κ1) is 18.6. The molecule has 0 amide bonds. The molecular weight excluding hydrogens is 390 g/mol. The van der Waals surface area contributed by atoms with Gasteiger partial charge in [0.1, 0.15) is 5.65 Å². The molecule has 0 aliphatic heterocycles. The zero-order valence-electron chi connectivity index (χ0n) is 15.8. The number of thioether (sulfide) groups is 1. The number of aromatic nitrogens is 4. The molecule has 1 aromatic carbocycles. The quantitative estimate of drug-likeness (QED) is 0.489. The molecule has 0 saturated carbocycles. The standard InChI is InChI=1S/C20H19N5OS2/c1-12-6-7-25-17(8-12)21-16(10-18(25)26)11-27-20-24-23-19(28-20)22-15-5-4-13(2)14(3)9-15/h4-10H,11H2,1-3H3,(H,22,23). The van der Waals surface area contributed by atoms with Crippen LogP contribution in [0.3, 0.4) is 0 Å². The second-order valence-electron chi connectivity index (χ2n) is 6.60. The van der Waals surface area contributed by atoms with Crippen molar-refractivity contribution < 1.29 is 0 Å². The highest BCUT2D eigenvalue weighted by Crippen LogP contribution is 2.29.